The summed E-state index contributed by atoms with van der Waals surface area (Å²) >= 11 is 5.71. The number of nitro benzene ring substituents is 1. The molecule has 19 heavy (non-hydrogen) atoms. The number of amides is 1. The largest absolute Gasteiger partial charge is 0.366 e. The van der Waals surface area contributed by atoms with Gasteiger partial charge in [-0.05, 0) is 12.0 Å². The van der Waals surface area contributed by atoms with Crippen LogP contribution in [-0.4, -0.2) is 24.8 Å². The van der Waals surface area contributed by atoms with E-state index in [-0.39, 0.29) is 11.3 Å². The number of nitro groups is 1. The molecule has 0 heterocycles. The lowest BCUT2D eigenvalue weighted by Gasteiger charge is -2.21. The van der Waals surface area contributed by atoms with Crippen LogP contribution in [0, 0.1) is 10.1 Å². The number of hydrogen-bond acceptors (Lipinski definition) is 3. The van der Waals surface area contributed by atoms with Gasteiger partial charge in [0.05, 0.1) is 13.0 Å². The van der Waals surface area contributed by atoms with Crippen LogP contribution >= 0.6 is 11.6 Å². The Morgan fingerprint density at radius 1 is 1.42 bits per heavy atom. The molecule has 7 heteroatoms. The number of primary amides is 1. The van der Waals surface area contributed by atoms with Crippen molar-refractivity contribution < 1.29 is 9.72 Å². The van der Waals surface area contributed by atoms with Crippen molar-refractivity contribution in [1.82, 2.24) is 0 Å². The molecule has 1 aromatic rings. The molecule has 2 N–H and O–H groups in total. The van der Waals surface area contributed by atoms with Crippen LogP contribution in [0.15, 0.2) is 12.1 Å². The number of halogens is 1. The number of benzene rings is 1. The van der Waals surface area contributed by atoms with Crippen molar-refractivity contribution in [2.45, 2.75) is 26.1 Å². The van der Waals surface area contributed by atoms with Gasteiger partial charge in [0.1, 0.15) is 0 Å². The predicted molar refractivity (Wildman–Crippen MR) is 79.0 cm³/mol. The molecular formula is C12H17ClN2O3Si. The topological polar surface area (TPSA) is 86.2 Å². The van der Waals surface area contributed by atoms with Crippen LogP contribution in [0.3, 0.4) is 0 Å². The van der Waals surface area contributed by atoms with Crippen LogP contribution in [0.2, 0.25) is 19.6 Å². The van der Waals surface area contributed by atoms with Gasteiger partial charge in [0.25, 0.3) is 5.69 Å². The highest BCUT2D eigenvalue weighted by molar-refractivity contribution is 6.90. The van der Waals surface area contributed by atoms with Gasteiger partial charge < -0.3 is 5.73 Å². The summed E-state index contributed by atoms with van der Waals surface area (Å²) in [5.41, 5.74) is 6.38. The minimum atomic E-state index is -2.09. The summed E-state index contributed by atoms with van der Waals surface area (Å²) in [6.45, 7) is 5.85. The van der Waals surface area contributed by atoms with Crippen LogP contribution in [0.4, 0.5) is 5.69 Å². The number of carbonyl (C=O) groups excluding carboxylic acids is 1. The van der Waals surface area contributed by atoms with Gasteiger partial charge in [-0.2, -0.15) is 0 Å². The van der Waals surface area contributed by atoms with Gasteiger partial charge in [-0.1, -0.05) is 25.7 Å². The van der Waals surface area contributed by atoms with Crippen molar-refractivity contribution in [3.05, 3.63) is 33.4 Å². The van der Waals surface area contributed by atoms with Gasteiger partial charge in [-0.3, -0.25) is 14.9 Å². The van der Waals surface area contributed by atoms with Crippen LogP contribution in [0.25, 0.3) is 0 Å². The Morgan fingerprint density at radius 3 is 2.37 bits per heavy atom. The molecule has 0 fully saturated rings. The molecule has 0 bridgehead atoms. The zero-order valence-corrected chi connectivity index (χ0v) is 13.0. The molecule has 0 saturated carbocycles. The summed E-state index contributed by atoms with van der Waals surface area (Å²) in [4.78, 5) is 22.4. The molecule has 5 nitrogen and oxygen atoms in total. The Balaban J connectivity index is 3.72. The third-order valence-corrected chi connectivity index (χ3v) is 5.02. The summed E-state index contributed by atoms with van der Waals surface area (Å²) in [6, 6.07) is 3.02. The average molecular weight is 301 g/mol. The second-order valence-corrected chi connectivity index (χ2v) is 10.7. The quantitative estimate of drug-likeness (QED) is 0.390. The maximum Gasteiger partial charge on any atom is 0.269 e. The third kappa shape index (κ3) is 3.33. The van der Waals surface area contributed by atoms with Gasteiger partial charge in [0.2, 0.25) is 5.91 Å². The molecule has 104 valence electrons. The van der Waals surface area contributed by atoms with E-state index in [4.69, 9.17) is 17.3 Å². The highest BCUT2D eigenvalue weighted by Crippen LogP contribution is 2.21. The Morgan fingerprint density at radius 2 is 2.00 bits per heavy atom. The Labute approximate surface area is 117 Å². The van der Waals surface area contributed by atoms with Gasteiger partial charge >= 0.3 is 0 Å². The standard InChI is InChI=1S/C12H17ClN2O3Si/c1-19(2,3)11-9(15(17)18)5-4-8(6-7-13)10(11)12(14)16/h4-5H,6-7H2,1-3H3,(H2,14,16). The number of rotatable bonds is 5. The summed E-state index contributed by atoms with van der Waals surface area (Å²) in [5, 5.41) is 11.7. The van der Waals surface area contributed by atoms with E-state index in [1.165, 1.54) is 6.07 Å². The molecule has 0 saturated heterocycles. The molecule has 0 spiro atoms. The molecule has 0 atom stereocenters. The SMILES string of the molecule is C[Si](C)(C)c1c([N+](=O)[O-])ccc(CCCl)c1C(N)=O. The number of nitrogens with zero attached hydrogens (tertiary/aromatic N) is 1. The molecule has 0 aliphatic carbocycles. The zero-order valence-electron chi connectivity index (χ0n) is 11.2. The molecule has 0 radical (unpaired) electrons. The van der Waals surface area contributed by atoms with Crippen molar-refractivity contribution >= 4 is 36.5 Å². The average Bonchev–Trinajstić information content (AvgIpc) is 2.26. The highest BCUT2D eigenvalue weighted by Gasteiger charge is 2.33. The number of nitrogens with two attached hydrogens (primary N) is 1. The number of carbonyl (C=O) groups is 1. The third-order valence-electron chi connectivity index (χ3n) is 2.83. The van der Waals surface area contributed by atoms with Crippen LogP contribution < -0.4 is 10.9 Å². The van der Waals surface area contributed by atoms with Crippen molar-refractivity contribution in [3.63, 3.8) is 0 Å². The Kier molecular flexibility index (Phi) is 4.70. The summed E-state index contributed by atoms with van der Waals surface area (Å²) in [5.74, 6) is -0.287. The minimum Gasteiger partial charge on any atom is -0.366 e. The summed E-state index contributed by atoms with van der Waals surface area (Å²) in [6.07, 6.45) is 0.468. The first kappa shape index (κ1) is 15.7. The monoisotopic (exact) mass is 300 g/mol. The fourth-order valence-electron chi connectivity index (χ4n) is 2.14. The molecule has 1 aromatic carbocycles. The molecule has 0 aromatic heterocycles. The van der Waals surface area contributed by atoms with E-state index >= 15 is 0 Å². The second kappa shape index (κ2) is 5.71. The van der Waals surface area contributed by atoms with E-state index in [1.54, 1.807) is 6.07 Å². The maximum absolute atomic E-state index is 11.7. The molecule has 1 amide bonds. The van der Waals surface area contributed by atoms with Crippen LogP contribution in [0.1, 0.15) is 15.9 Å². The first-order valence-corrected chi connectivity index (χ1v) is 9.90. The fraction of sp³-hybridized carbons (Fsp3) is 0.417. The van der Waals surface area contributed by atoms with Crippen molar-refractivity contribution in [3.8, 4) is 0 Å². The smallest absolute Gasteiger partial charge is 0.269 e. The van der Waals surface area contributed by atoms with Gasteiger partial charge in [0.15, 0.2) is 0 Å². The van der Waals surface area contributed by atoms with Crippen LogP contribution in [-0.2, 0) is 6.42 Å². The first-order valence-electron chi connectivity index (χ1n) is 5.86. The van der Waals surface area contributed by atoms with Crippen molar-refractivity contribution in [1.29, 1.82) is 0 Å². The van der Waals surface area contributed by atoms with Crippen molar-refractivity contribution in [2.75, 3.05) is 5.88 Å². The lowest BCUT2D eigenvalue weighted by Crippen LogP contribution is -2.44. The summed E-state index contributed by atoms with van der Waals surface area (Å²) in [7, 11) is -2.09. The summed E-state index contributed by atoms with van der Waals surface area (Å²) < 4.78 is 0. The molecule has 0 unspecified atom stereocenters. The second-order valence-electron chi connectivity index (χ2n) is 5.30. The predicted octanol–water partition coefficient (Wildman–Crippen LogP) is 2.02. The molecule has 1 rings (SSSR count). The molecule has 0 aliphatic heterocycles. The number of aryl methyl sites for hydroxylation is 1. The van der Waals surface area contributed by atoms with E-state index < -0.39 is 18.9 Å². The lowest BCUT2D eigenvalue weighted by molar-refractivity contribution is -0.383. The zero-order chi connectivity index (χ0) is 14.8. The normalized spacial score (nSPS) is 11.4. The first-order chi connectivity index (χ1) is 8.70. The highest BCUT2D eigenvalue weighted by atomic mass is 35.5. The van der Waals surface area contributed by atoms with Crippen LogP contribution in [0.5, 0.6) is 0 Å². The Hall–Kier alpha value is -1.40. The van der Waals surface area contributed by atoms with E-state index in [0.717, 1.165) is 0 Å². The Bertz CT molecular complexity index is 526. The fourth-order valence-corrected chi connectivity index (χ4v) is 4.32. The molecule has 0 aliphatic rings. The molecular weight excluding hydrogens is 284 g/mol. The van der Waals surface area contributed by atoms with Gasteiger partial charge in [-0.15, -0.1) is 11.6 Å². The van der Waals surface area contributed by atoms with E-state index in [2.05, 4.69) is 0 Å². The maximum atomic E-state index is 11.7. The minimum absolute atomic E-state index is 0.0220. The number of hydrogen-bond donors (Lipinski definition) is 1. The van der Waals surface area contributed by atoms with E-state index in [0.29, 0.717) is 23.1 Å². The van der Waals surface area contributed by atoms with E-state index in [1.807, 2.05) is 19.6 Å². The van der Waals surface area contributed by atoms with Gasteiger partial charge in [-0.25, -0.2) is 0 Å². The van der Waals surface area contributed by atoms with Gasteiger partial charge in [0, 0.05) is 22.7 Å². The van der Waals surface area contributed by atoms with Crippen molar-refractivity contribution in [2.24, 2.45) is 5.73 Å². The van der Waals surface area contributed by atoms with E-state index in [9.17, 15) is 14.9 Å². The number of alkyl halides is 1. The lowest BCUT2D eigenvalue weighted by atomic mass is 10.0.